The molecule has 92 valence electrons. The van der Waals surface area contributed by atoms with Crippen molar-refractivity contribution in [1.29, 1.82) is 0 Å². The van der Waals surface area contributed by atoms with Crippen molar-refractivity contribution in [3.05, 3.63) is 23.3 Å². The van der Waals surface area contributed by atoms with Gasteiger partial charge in [0.25, 0.3) is 5.91 Å². The van der Waals surface area contributed by atoms with E-state index in [0.717, 1.165) is 31.4 Å². The van der Waals surface area contributed by atoms with Gasteiger partial charge in [0.1, 0.15) is 0 Å². The highest BCUT2D eigenvalue weighted by Crippen LogP contribution is 2.47. The molecule has 3 N–H and O–H groups in total. The molecule has 1 heterocycles. The number of rotatable bonds is 1. The lowest BCUT2D eigenvalue weighted by Crippen LogP contribution is -2.45. The largest absolute Gasteiger partial charge is 0.312 e. The Kier molecular flexibility index (Phi) is 2.56. The summed E-state index contributed by atoms with van der Waals surface area (Å²) in [7, 11) is 0. The van der Waals surface area contributed by atoms with Crippen LogP contribution in [0, 0.1) is 11.3 Å². The maximum atomic E-state index is 12.0. The van der Waals surface area contributed by atoms with Crippen molar-refractivity contribution in [2.75, 3.05) is 13.1 Å². The minimum Gasteiger partial charge on any atom is -0.312 e. The number of hydrogen-bond acceptors (Lipinski definition) is 3. The van der Waals surface area contributed by atoms with Gasteiger partial charge in [-0.25, -0.2) is 5.48 Å². The molecule has 2 aliphatic carbocycles. The van der Waals surface area contributed by atoms with E-state index in [4.69, 9.17) is 5.21 Å². The molecule has 2 atom stereocenters. The highest BCUT2D eigenvalue weighted by Gasteiger charge is 2.49. The first-order chi connectivity index (χ1) is 8.26. The van der Waals surface area contributed by atoms with E-state index in [9.17, 15) is 4.79 Å². The van der Waals surface area contributed by atoms with Gasteiger partial charge < -0.3 is 5.32 Å². The Morgan fingerprint density at radius 2 is 2.47 bits per heavy atom. The third kappa shape index (κ3) is 1.55. The van der Waals surface area contributed by atoms with Crippen LogP contribution in [0.25, 0.3) is 0 Å². The van der Waals surface area contributed by atoms with Gasteiger partial charge in [0.2, 0.25) is 0 Å². The molecule has 0 aromatic rings. The van der Waals surface area contributed by atoms with Crippen LogP contribution in [-0.4, -0.2) is 24.2 Å². The van der Waals surface area contributed by atoms with Crippen LogP contribution >= 0.6 is 0 Å². The molecular formula is C13H18N2O2. The van der Waals surface area contributed by atoms with Crippen LogP contribution in [0.2, 0.25) is 0 Å². The monoisotopic (exact) mass is 234 g/mol. The van der Waals surface area contributed by atoms with Crippen LogP contribution in [0.3, 0.4) is 0 Å². The molecule has 1 aliphatic heterocycles. The van der Waals surface area contributed by atoms with E-state index in [-0.39, 0.29) is 5.91 Å². The van der Waals surface area contributed by atoms with Crippen LogP contribution in [0.4, 0.5) is 0 Å². The zero-order chi connectivity index (χ0) is 11.9. The summed E-state index contributed by atoms with van der Waals surface area (Å²) in [5, 5.41) is 12.2. The lowest BCUT2D eigenvalue weighted by Gasteiger charge is -2.38. The van der Waals surface area contributed by atoms with E-state index in [1.807, 2.05) is 5.48 Å². The molecule has 0 aromatic heterocycles. The van der Waals surface area contributed by atoms with E-state index in [0.29, 0.717) is 12.5 Å². The van der Waals surface area contributed by atoms with Crippen LogP contribution < -0.4 is 10.8 Å². The molecule has 4 heteroatoms. The molecule has 0 saturated carbocycles. The highest BCUT2D eigenvalue weighted by molar-refractivity contribution is 5.86. The van der Waals surface area contributed by atoms with Gasteiger partial charge in [-0.3, -0.25) is 10.0 Å². The number of allylic oxidation sites excluding steroid dienone is 3. The molecule has 3 rings (SSSR count). The Hall–Kier alpha value is -1.13. The Morgan fingerprint density at radius 1 is 1.59 bits per heavy atom. The van der Waals surface area contributed by atoms with E-state index in [1.54, 1.807) is 0 Å². The molecule has 0 bridgehead atoms. The van der Waals surface area contributed by atoms with E-state index >= 15 is 0 Å². The molecule has 0 radical (unpaired) electrons. The number of carbonyl (C=O) groups is 1. The first-order valence-electron chi connectivity index (χ1n) is 6.32. The summed E-state index contributed by atoms with van der Waals surface area (Å²) in [5.41, 5.74) is 3.88. The van der Waals surface area contributed by atoms with Gasteiger partial charge in [0.05, 0.1) is 5.41 Å². The molecular weight excluding hydrogens is 216 g/mol. The molecule has 1 fully saturated rings. The van der Waals surface area contributed by atoms with Crippen molar-refractivity contribution >= 4 is 5.91 Å². The number of fused-ring (bicyclic) bond motifs is 2. The summed E-state index contributed by atoms with van der Waals surface area (Å²) in [6, 6.07) is 0. The average Bonchev–Trinajstić information content (AvgIpc) is 2.78. The number of carbonyl (C=O) groups excluding carboxylic acids is 1. The van der Waals surface area contributed by atoms with Crippen molar-refractivity contribution in [3.8, 4) is 0 Å². The molecule has 0 spiro atoms. The Morgan fingerprint density at radius 3 is 3.29 bits per heavy atom. The zero-order valence-corrected chi connectivity index (χ0v) is 9.83. The smallest absolute Gasteiger partial charge is 0.255 e. The van der Waals surface area contributed by atoms with E-state index in [2.05, 4.69) is 17.5 Å². The Labute approximate surface area is 101 Å². The van der Waals surface area contributed by atoms with Gasteiger partial charge >= 0.3 is 0 Å². The normalized spacial score (nSPS) is 35.5. The van der Waals surface area contributed by atoms with E-state index < -0.39 is 5.41 Å². The minimum absolute atomic E-state index is 0.252. The topological polar surface area (TPSA) is 61.4 Å². The van der Waals surface area contributed by atoms with Gasteiger partial charge in [-0.05, 0) is 42.7 Å². The third-order valence-electron chi connectivity index (χ3n) is 4.44. The quantitative estimate of drug-likeness (QED) is 0.471. The number of nitrogens with one attached hydrogen (secondary N) is 2. The summed E-state index contributed by atoms with van der Waals surface area (Å²) >= 11 is 0. The summed E-state index contributed by atoms with van der Waals surface area (Å²) in [4.78, 5) is 12.0. The van der Waals surface area contributed by atoms with Gasteiger partial charge in [0, 0.05) is 13.1 Å². The zero-order valence-electron chi connectivity index (χ0n) is 9.83. The minimum atomic E-state index is -0.506. The van der Waals surface area contributed by atoms with Gasteiger partial charge in [-0.1, -0.05) is 12.2 Å². The third-order valence-corrected chi connectivity index (χ3v) is 4.44. The van der Waals surface area contributed by atoms with Crippen molar-refractivity contribution in [1.82, 2.24) is 10.8 Å². The van der Waals surface area contributed by atoms with Crippen molar-refractivity contribution < 1.29 is 10.0 Å². The van der Waals surface area contributed by atoms with E-state index in [1.165, 1.54) is 12.0 Å². The van der Waals surface area contributed by atoms with Crippen LogP contribution in [0.5, 0.6) is 0 Å². The number of hydrogen-bond donors (Lipinski definition) is 3. The Balaban J connectivity index is 2.02. The standard InChI is InChI=1S/C13H18N2O2/c16-12(15-17)13-6-10-4-2-1-3-9(10)5-11(13)7-14-8-13/h3,5,10,14,17H,1-2,4,6-8H2,(H,15,16). The predicted octanol–water partition coefficient (Wildman–Crippen LogP) is 1.14. The van der Waals surface area contributed by atoms with Crippen LogP contribution in [0.1, 0.15) is 25.7 Å². The lowest BCUT2D eigenvalue weighted by atomic mass is 9.66. The molecule has 0 aromatic carbocycles. The second-order valence-corrected chi connectivity index (χ2v) is 5.33. The predicted molar refractivity (Wildman–Crippen MR) is 63.4 cm³/mol. The molecule has 4 nitrogen and oxygen atoms in total. The molecule has 2 unspecified atom stereocenters. The van der Waals surface area contributed by atoms with Crippen LogP contribution in [0.15, 0.2) is 23.3 Å². The Bertz CT molecular complexity index is 414. The number of hydroxylamine groups is 1. The molecule has 1 amide bonds. The highest BCUT2D eigenvalue weighted by atomic mass is 16.5. The summed E-state index contributed by atoms with van der Waals surface area (Å²) < 4.78 is 0. The maximum absolute atomic E-state index is 12.0. The fourth-order valence-corrected chi connectivity index (χ4v) is 3.50. The van der Waals surface area contributed by atoms with Gasteiger partial charge in [-0.15, -0.1) is 0 Å². The second-order valence-electron chi connectivity index (χ2n) is 5.33. The lowest BCUT2D eigenvalue weighted by molar-refractivity contribution is -0.137. The SMILES string of the molecule is O=C(NO)C12CNCC1=CC1=CCCCC1C2. The maximum Gasteiger partial charge on any atom is 0.255 e. The first kappa shape index (κ1) is 11.0. The molecule has 1 saturated heterocycles. The second kappa shape index (κ2) is 3.96. The average molecular weight is 234 g/mol. The summed E-state index contributed by atoms with van der Waals surface area (Å²) in [6.07, 6.45) is 8.85. The fraction of sp³-hybridized carbons (Fsp3) is 0.615. The van der Waals surface area contributed by atoms with Crippen LogP contribution in [-0.2, 0) is 4.79 Å². The van der Waals surface area contributed by atoms with Gasteiger partial charge in [-0.2, -0.15) is 0 Å². The van der Waals surface area contributed by atoms with Crippen molar-refractivity contribution in [2.45, 2.75) is 25.7 Å². The number of amides is 1. The van der Waals surface area contributed by atoms with Crippen molar-refractivity contribution in [3.63, 3.8) is 0 Å². The summed E-state index contributed by atoms with van der Waals surface area (Å²) in [5.74, 6) is 0.239. The van der Waals surface area contributed by atoms with Crippen molar-refractivity contribution in [2.24, 2.45) is 11.3 Å². The molecule has 17 heavy (non-hydrogen) atoms. The van der Waals surface area contributed by atoms with Gasteiger partial charge in [0.15, 0.2) is 0 Å². The molecule has 3 aliphatic rings. The summed E-state index contributed by atoms with van der Waals surface area (Å²) in [6.45, 7) is 1.41. The fourth-order valence-electron chi connectivity index (χ4n) is 3.50. The first-order valence-corrected chi connectivity index (χ1v) is 6.32.